The van der Waals surface area contributed by atoms with Gasteiger partial charge in [0.15, 0.2) is 11.5 Å². The van der Waals surface area contributed by atoms with Crippen molar-refractivity contribution in [3.8, 4) is 0 Å². The molecule has 0 radical (unpaired) electrons. The fraction of sp³-hybridized carbons (Fsp3) is 0.640. The van der Waals surface area contributed by atoms with E-state index in [2.05, 4.69) is 45.9 Å². The SMILES string of the molecule is COC1=CC(=O)[C@@H](CC=C(C)CCC=C(C)CCC=C(C)C)C(C)C1(OC)OC. The molecular formula is C25H40O4. The summed E-state index contributed by atoms with van der Waals surface area (Å²) in [6.45, 7) is 10.6. The molecule has 0 saturated heterocycles. The highest BCUT2D eigenvalue weighted by Crippen LogP contribution is 2.41. The second-order valence-electron chi connectivity index (χ2n) is 8.28. The average molecular weight is 405 g/mol. The van der Waals surface area contributed by atoms with Crippen molar-refractivity contribution in [1.82, 2.24) is 0 Å². The molecule has 0 bridgehead atoms. The number of carbonyl (C=O) groups is 1. The molecule has 0 fully saturated rings. The van der Waals surface area contributed by atoms with Gasteiger partial charge in [0.1, 0.15) is 0 Å². The molecule has 1 aliphatic carbocycles. The molecule has 0 saturated carbocycles. The number of hydrogen-bond acceptors (Lipinski definition) is 4. The van der Waals surface area contributed by atoms with E-state index in [1.807, 2.05) is 6.92 Å². The number of ketones is 1. The summed E-state index contributed by atoms with van der Waals surface area (Å²) in [5, 5.41) is 0. The zero-order valence-corrected chi connectivity index (χ0v) is 19.6. The highest BCUT2D eigenvalue weighted by Gasteiger charge is 2.50. The Bertz CT molecular complexity index is 658. The van der Waals surface area contributed by atoms with Gasteiger partial charge in [0.05, 0.1) is 7.11 Å². The number of allylic oxidation sites excluding steroid dienone is 7. The van der Waals surface area contributed by atoms with Crippen LogP contribution in [0.2, 0.25) is 0 Å². The van der Waals surface area contributed by atoms with Gasteiger partial charge in [-0.1, -0.05) is 41.9 Å². The van der Waals surface area contributed by atoms with Crippen LogP contribution in [0.5, 0.6) is 0 Å². The van der Waals surface area contributed by atoms with E-state index in [1.54, 1.807) is 14.2 Å². The second kappa shape index (κ2) is 12.1. The standard InChI is InChI=1S/C25H40O4/c1-18(2)11-9-12-19(3)13-10-14-20(4)15-16-22-21(5)25(28-7,29-8)24(27-6)17-23(22)26/h11,13,15,17,21-22H,9-10,12,14,16H2,1-8H3/t21?,22-/m0/s1. The van der Waals surface area contributed by atoms with Crippen LogP contribution in [-0.2, 0) is 19.0 Å². The summed E-state index contributed by atoms with van der Waals surface area (Å²) in [7, 11) is 4.72. The summed E-state index contributed by atoms with van der Waals surface area (Å²) >= 11 is 0. The Balaban J connectivity index is 2.70. The number of rotatable bonds is 11. The normalized spacial score (nSPS) is 22.3. The minimum atomic E-state index is -1.01. The zero-order valence-electron chi connectivity index (χ0n) is 19.6. The van der Waals surface area contributed by atoms with Crippen molar-refractivity contribution in [2.24, 2.45) is 11.8 Å². The summed E-state index contributed by atoms with van der Waals surface area (Å²) in [5.41, 5.74) is 4.12. The molecule has 164 valence electrons. The molecular weight excluding hydrogens is 364 g/mol. The molecule has 29 heavy (non-hydrogen) atoms. The molecule has 0 heterocycles. The predicted molar refractivity (Wildman–Crippen MR) is 120 cm³/mol. The first-order valence-electron chi connectivity index (χ1n) is 10.6. The highest BCUT2D eigenvalue weighted by molar-refractivity contribution is 5.94. The van der Waals surface area contributed by atoms with Crippen LogP contribution < -0.4 is 0 Å². The topological polar surface area (TPSA) is 44.8 Å². The van der Waals surface area contributed by atoms with Crippen molar-refractivity contribution >= 4 is 5.78 Å². The van der Waals surface area contributed by atoms with Crippen LogP contribution in [0.3, 0.4) is 0 Å². The van der Waals surface area contributed by atoms with Crippen LogP contribution in [0.25, 0.3) is 0 Å². The second-order valence-corrected chi connectivity index (χ2v) is 8.28. The number of hydrogen-bond donors (Lipinski definition) is 0. The van der Waals surface area contributed by atoms with Gasteiger partial charge in [-0.3, -0.25) is 4.79 Å². The quantitative estimate of drug-likeness (QED) is 0.306. The van der Waals surface area contributed by atoms with Gasteiger partial charge in [-0.05, 0) is 59.8 Å². The Morgan fingerprint density at radius 2 is 1.52 bits per heavy atom. The minimum absolute atomic E-state index is 0.0677. The number of methoxy groups -OCH3 is 3. The van der Waals surface area contributed by atoms with Crippen LogP contribution in [0.15, 0.2) is 46.8 Å². The van der Waals surface area contributed by atoms with Crippen molar-refractivity contribution in [2.45, 2.75) is 72.5 Å². The summed E-state index contributed by atoms with van der Waals surface area (Å²) in [5.74, 6) is -0.847. The van der Waals surface area contributed by atoms with E-state index in [4.69, 9.17) is 14.2 Å². The van der Waals surface area contributed by atoms with E-state index >= 15 is 0 Å². The summed E-state index contributed by atoms with van der Waals surface area (Å²) in [6.07, 6.45) is 13.3. The number of ether oxygens (including phenoxy) is 3. The summed E-state index contributed by atoms with van der Waals surface area (Å²) in [6, 6.07) is 0. The Morgan fingerprint density at radius 1 is 0.966 bits per heavy atom. The van der Waals surface area contributed by atoms with E-state index in [0.29, 0.717) is 12.2 Å². The highest BCUT2D eigenvalue weighted by atomic mass is 16.7. The van der Waals surface area contributed by atoms with E-state index in [-0.39, 0.29) is 17.6 Å². The Hall–Kier alpha value is -1.65. The Kier molecular flexibility index (Phi) is 10.6. The Morgan fingerprint density at radius 3 is 2.03 bits per heavy atom. The fourth-order valence-corrected chi connectivity index (χ4v) is 3.92. The third kappa shape index (κ3) is 6.97. The smallest absolute Gasteiger partial charge is 0.230 e. The summed E-state index contributed by atoms with van der Waals surface area (Å²) < 4.78 is 16.7. The molecule has 2 atom stereocenters. The van der Waals surface area contributed by atoms with Crippen LogP contribution in [0.4, 0.5) is 0 Å². The molecule has 0 N–H and O–H groups in total. The van der Waals surface area contributed by atoms with E-state index < -0.39 is 5.79 Å². The fourth-order valence-electron chi connectivity index (χ4n) is 3.92. The van der Waals surface area contributed by atoms with E-state index in [9.17, 15) is 4.79 Å². The lowest BCUT2D eigenvalue weighted by Gasteiger charge is -2.42. The maximum Gasteiger partial charge on any atom is 0.230 e. The van der Waals surface area contributed by atoms with Gasteiger partial charge in [-0.2, -0.15) is 0 Å². The van der Waals surface area contributed by atoms with Gasteiger partial charge < -0.3 is 14.2 Å². The van der Waals surface area contributed by atoms with E-state index in [0.717, 1.165) is 25.7 Å². The van der Waals surface area contributed by atoms with Crippen LogP contribution in [0.1, 0.15) is 66.7 Å². The maximum atomic E-state index is 12.6. The minimum Gasteiger partial charge on any atom is -0.495 e. The first kappa shape index (κ1) is 25.4. The van der Waals surface area contributed by atoms with Crippen LogP contribution in [0, 0.1) is 11.8 Å². The lowest BCUT2D eigenvalue weighted by Crippen LogP contribution is -2.51. The van der Waals surface area contributed by atoms with Gasteiger partial charge >= 0.3 is 0 Å². The molecule has 0 spiro atoms. The van der Waals surface area contributed by atoms with Crippen molar-refractivity contribution in [3.05, 3.63) is 46.8 Å². The van der Waals surface area contributed by atoms with E-state index in [1.165, 1.54) is 29.9 Å². The Labute approximate surface area is 177 Å². The molecule has 0 aromatic carbocycles. The molecule has 0 aromatic rings. The molecule has 1 rings (SSSR count). The molecule has 0 aliphatic heterocycles. The van der Waals surface area contributed by atoms with Crippen molar-refractivity contribution in [3.63, 3.8) is 0 Å². The van der Waals surface area contributed by atoms with Crippen molar-refractivity contribution < 1.29 is 19.0 Å². The molecule has 1 aliphatic rings. The lowest BCUT2D eigenvalue weighted by molar-refractivity contribution is -0.241. The largest absolute Gasteiger partial charge is 0.495 e. The third-order valence-corrected chi connectivity index (χ3v) is 5.85. The predicted octanol–water partition coefficient (Wildman–Crippen LogP) is 6.15. The molecule has 0 amide bonds. The van der Waals surface area contributed by atoms with Gasteiger partial charge in [-0.25, -0.2) is 0 Å². The molecule has 4 heteroatoms. The van der Waals surface area contributed by atoms with Gasteiger partial charge in [-0.15, -0.1) is 0 Å². The molecule has 4 nitrogen and oxygen atoms in total. The molecule has 1 unspecified atom stereocenters. The van der Waals surface area contributed by atoms with Crippen molar-refractivity contribution in [2.75, 3.05) is 21.3 Å². The lowest BCUT2D eigenvalue weighted by atomic mass is 9.76. The van der Waals surface area contributed by atoms with Gasteiger partial charge in [0.2, 0.25) is 5.79 Å². The van der Waals surface area contributed by atoms with Gasteiger partial charge in [0, 0.05) is 32.1 Å². The van der Waals surface area contributed by atoms with Gasteiger partial charge in [0.25, 0.3) is 0 Å². The summed E-state index contributed by atoms with van der Waals surface area (Å²) in [4.78, 5) is 12.6. The zero-order chi connectivity index (χ0) is 22.0. The first-order chi connectivity index (χ1) is 13.7. The van der Waals surface area contributed by atoms with Crippen LogP contribution >= 0.6 is 0 Å². The molecule has 0 aromatic heterocycles. The van der Waals surface area contributed by atoms with Crippen LogP contribution in [-0.4, -0.2) is 32.9 Å². The number of carbonyl (C=O) groups excluding carboxylic acids is 1. The average Bonchev–Trinajstić information content (AvgIpc) is 2.67. The monoisotopic (exact) mass is 404 g/mol. The maximum absolute atomic E-state index is 12.6. The first-order valence-corrected chi connectivity index (χ1v) is 10.6. The third-order valence-electron chi connectivity index (χ3n) is 5.85. The van der Waals surface area contributed by atoms with Crippen molar-refractivity contribution in [1.29, 1.82) is 0 Å².